The second-order valence-corrected chi connectivity index (χ2v) is 7.39. The van der Waals surface area contributed by atoms with Crippen molar-refractivity contribution in [1.82, 2.24) is 4.98 Å². The summed E-state index contributed by atoms with van der Waals surface area (Å²) in [5, 5.41) is 10.6. The van der Waals surface area contributed by atoms with Crippen LogP contribution in [-0.2, 0) is 6.18 Å². The van der Waals surface area contributed by atoms with Crippen LogP contribution >= 0.6 is 0 Å². The highest BCUT2D eigenvalue weighted by atomic mass is 19.4. The first-order chi connectivity index (χ1) is 15.5. The number of ether oxygens (including phenoxy) is 1. The van der Waals surface area contributed by atoms with Gasteiger partial charge in [-0.25, -0.2) is 4.98 Å². The third kappa shape index (κ3) is 5.31. The highest BCUT2D eigenvalue weighted by Crippen LogP contribution is 2.33. The van der Waals surface area contributed by atoms with Gasteiger partial charge in [-0.05, 0) is 61.4 Å². The van der Waals surface area contributed by atoms with Crippen LogP contribution in [0, 0.1) is 12.3 Å². The van der Waals surface area contributed by atoms with E-state index in [2.05, 4.69) is 10.3 Å². The van der Waals surface area contributed by atoms with E-state index in [-0.39, 0.29) is 17.1 Å². The Kier molecular flexibility index (Phi) is 6.71. The topological polar surface area (TPSA) is 101 Å². The fraction of sp³-hybridized carbons (Fsp3) is 0.208. The molecule has 1 amide bonds. The number of halogens is 3. The van der Waals surface area contributed by atoms with Gasteiger partial charge in [0, 0.05) is 28.1 Å². The van der Waals surface area contributed by atoms with Crippen LogP contribution in [0.4, 0.5) is 24.7 Å². The molecule has 0 radical (unpaired) electrons. The quantitative estimate of drug-likeness (QED) is 0.414. The minimum absolute atomic E-state index is 0.0722. The number of alkyl halides is 3. The molecule has 2 aromatic carbocycles. The molecule has 3 aromatic rings. The van der Waals surface area contributed by atoms with Gasteiger partial charge in [0.1, 0.15) is 11.6 Å². The lowest BCUT2D eigenvalue weighted by Gasteiger charge is -2.14. The lowest BCUT2D eigenvalue weighted by molar-refractivity contribution is -0.137. The van der Waals surface area contributed by atoms with Crippen LogP contribution in [0.3, 0.4) is 0 Å². The van der Waals surface area contributed by atoms with Gasteiger partial charge in [0.05, 0.1) is 18.4 Å². The summed E-state index contributed by atoms with van der Waals surface area (Å²) in [5.41, 5.74) is 8.28. The number of nitrogens with two attached hydrogens (primary N) is 1. The second-order valence-electron chi connectivity index (χ2n) is 7.39. The van der Waals surface area contributed by atoms with Crippen LogP contribution in [0.15, 0.2) is 48.5 Å². The maximum absolute atomic E-state index is 13.2. The molecule has 0 saturated carbocycles. The van der Waals surface area contributed by atoms with E-state index in [0.717, 1.165) is 17.7 Å². The Balaban J connectivity index is 1.93. The zero-order valence-electron chi connectivity index (χ0n) is 18.3. The Morgan fingerprint density at radius 2 is 1.88 bits per heavy atom. The number of carbonyl (C=O) groups excluding carboxylic acids is 1. The average molecular weight is 456 g/mol. The number of rotatable bonds is 6. The van der Waals surface area contributed by atoms with Crippen molar-refractivity contribution in [2.24, 2.45) is 0 Å². The molecule has 0 bridgehead atoms. The molecule has 33 heavy (non-hydrogen) atoms. The predicted octanol–water partition coefficient (Wildman–Crippen LogP) is 5.70. The number of carbonyl (C=O) groups is 1. The highest BCUT2D eigenvalue weighted by molar-refractivity contribution is 6.05. The number of nitrogens with one attached hydrogen (secondary N) is 2. The first-order valence-corrected chi connectivity index (χ1v) is 10.1. The van der Waals surface area contributed by atoms with Crippen molar-refractivity contribution in [2.45, 2.75) is 26.4 Å². The molecule has 0 fully saturated rings. The van der Waals surface area contributed by atoms with Gasteiger partial charge < -0.3 is 21.2 Å². The van der Waals surface area contributed by atoms with Gasteiger partial charge in [0.25, 0.3) is 5.91 Å². The largest absolute Gasteiger partial charge is 0.497 e. The first-order valence-electron chi connectivity index (χ1n) is 10.1. The molecule has 1 heterocycles. The minimum atomic E-state index is -4.62. The van der Waals surface area contributed by atoms with E-state index < -0.39 is 17.6 Å². The number of nitrogens with zero attached hydrogens (tertiary/aromatic N) is 1. The van der Waals surface area contributed by atoms with Gasteiger partial charge in [-0.15, -0.1) is 0 Å². The number of hydrogen-bond acceptors (Lipinski definition) is 5. The second kappa shape index (κ2) is 9.32. The van der Waals surface area contributed by atoms with E-state index >= 15 is 0 Å². The summed E-state index contributed by atoms with van der Waals surface area (Å²) >= 11 is 0. The molecule has 1 aromatic heterocycles. The highest BCUT2D eigenvalue weighted by Gasteiger charge is 2.32. The van der Waals surface area contributed by atoms with Crippen molar-refractivity contribution in [1.29, 1.82) is 5.41 Å². The number of amides is 1. The normalized spacial score (nSPS) is 11.2. The maximum atomic E-state index is 13.2. The number of methoxy groups -OCH3 is 1. The third-order valence-corrected chi connectivity index (χ3v) is 5.11. The number of hydrogen-bond donors (Lipinski definition) is 3. The van der Waals surface area contributed by atoms with E-state index in [1.54, 1.807) is 30.3 Å². The third-order valence-electron chi connectivity index (χ3n) is 5.11. The maximum Gasteiger partial charge on any atom is 0.416 e. The monoisotopic (exact) mass is 456 g/mol. The summed E-state index contributed by atoms with van der Waals surface area (Å²) in [6.07, 6.45) is -4.10. The molecule has 4 N–H and O–H groups in total. The molecule has 0 aliphatic heterocycles. The van der Waals surface area contributed by atoms with Gasteiger partial charge in [-0.2, -0.15) is 13.2 Å². The van der Waals surface area contributed by atoms with Crippen molar-refractivity contribution in [3.8, 4) is 17.0 Å². The van der Waals surface area contributed by atoms with E-state index in [1.165, 1.54) is 13.2 Å². The summed E-state index contributed by atoms with van der Waals surface area (Å²) in [4.78, 5) is 17.1. The Hall–Kier alpha value is -3.88. The van der Waals surface area contributed by atoms with E-state index in [4.69, 9.17) is 15.9 Å². The van der Waals surface area contributed by atoms with Gasteiger partial charge >= 0.3 is 6.18 Å². The SMILES string of the molecule is CCC(=N)c1ccc(-c2cc(NC(=O)c3cc(OC)cc(C(F)(F)F)c3)ccc2C)nc1N. The summed E-state index contributed by atoms with van der Waals surface area (Å²) in [6.45, 7) is 3.71. The summed E-state index contributed by atoms with van der Waals surface area (Å²) < 4.78 is 44.4. The van der Waals surface area contributed by atoms with Crippen molar-refractivity contribution >= 4 is 23.1 Å². The molecular weight excluding hydrogens is 433 g/mol. The number of aromatic nitrogens is 1. The molecule has 172 valence electrons. The Morgan fingerprint density at radius 1 is 1.15 bits per heavy atom. The molecular formula is C24H23F3N4O2. The average Bonchev–Trinajstić information content (AvgIpc) is 2.78. The van der Waals surface area contributed by atoms with Gasteiger partial charge in [0.2, 0.25) is 0 Å². The van der Waals surface area contributed by atoms with E-state index in [9.17, 15) is 18.0 Å². The fourth-order valence-electron chi connectivity index (χ4n) is 3.26. The van der Waals surface area contributed by atoms with Crippen molar-refractivity contribution in [2.75, 3.05) is 18.2 Å². The molecule has 0 spiro atoms. The van der Waals surface area contributed by atoms with Crippen LogP contribution in [0.5, 0.6) is 5.75 Å². The van der Waals surface area contributed by atoms with Gasteiger partial charge in [-0.3, -0.25) is 4.79 Å². The molecule has 0 aliphatic carbocycles. The minimum Gasteiger partial charge on any atom is -0.497 e. The van der Waals surface area contributed by atoms with Crippen molar-refractivity contribution < 1.29 is 22.7 Å². The van der Waals surface area contributed by atoms with Crippen molar-refractivity contribution in [3.05, 3.63) is 70.8 Å². The molecule has 0 unspecified atom stereocenters. The van der Waals surface area contributed by atoms with Gasteiger partial charge in [-0.1, -0.05) is 13.0 Å². The van der Waals surface area contributed by atoms with E-state index in [0.29, 0.717) is 34.6 Å². The molecule has 0 saturated heterocycles. The Morgan fingerprint density at radius 3 is 2.48 bits per heavy atom. The van der Waals surface area contributed by atoms with Crippen molar-refractivity contribution in [3.63, 3.8) is 0 Å². The lowest BCUT2D eigenvalue weighted by Crippen LogP contribution is -2.14. The Bertz CT molecular complexity index is 1220. The molecule has 3 rings (SSSR count). The standard InChI is InChI=1S/C24H23F3N4O2/c1-4-20(28)18-7-8-21(31-22(18)29)19-12-16(6-5-13(19)2)30-23(32)14-9-15(24(25,26)27)11-17(10-14)33-3/h5-12,28H,4H2,1-3H3,(H2,29,31)(H,30,32). The zero-order chi connectivity index (χ0) is 24.3. The molecule has 0 aliphatic rings. The first kappa shape index (κ1) is 23.8. The molecule has 0 atom stereocenters. The fourth-order valence-corrected chi connectivity index (χ4v) is 3.26. The number of aryl methyl sites for hydroxylation is 1. The smallest absolute Gasteiger partial charge is 0.416 e. The number of nitrogen functional groups attached to an aromatic ring is 1. The molecule has 9 heteroatoms. The van der Waals surface area contributed by atoms with Crippen LogP contribution in [-0.4, -0.2) is 23.7 Å². The number of anilines is 2. The van der Waals surface area contributed by atoms with Crippen LogP contribution in [0.2, 0.25) is 0 Å². The summed E-state index contributed by atoms with van der Waals surface area (Å²) in [5.74, 6) is -0.561. The summed E-state index contributed by atoms with van der Waals surface area (Å²) in [7, 11) is 1.23. The van der Waals surface area contributed by atoms with Crippen LogP contribution in [0.25, 0.3) is 11.3 Å². The number of benzene rings is 2. The number of pyridine rings is 1. The van der Waals surface area contributed by atoms with Crippen LogP contribution < -0.4 is 15.8 Å². The Labute approximate surface area is 189 Å². The lowest BCUT2D eigenvalue weighted by atomic mass is 10.0. The predicted molar refractivity (Wildman–Crippen MR) is 122 cm³/mol. The summed E-state index contributed by atoms with van der Waals surface area (Å²) in [6, 6.07) is 11.4. The zero-order valence-corrected chi connectivity index (χ0v) is 18.3. The van der Waals surface area contributed by atoms with Crippen LogP contribution in [0.1, 0.15) is 40.4 Å². The molecule has 6 nitrogen and oxygen atoms in total. The van der Waals surface area contributed by atoms with E-state index in [1.807, 2.05) is 13.8 Å². The van der Waals surface area contributed by atoms with Gasteiger partial charge in [0.15, 0.2) is 0 Å².